The number of thiophene rings is 1. The molecular weight excluding hydrogens is 206 g/mol. The summed E-state index contributed by atoms with van der Waals surface area (Å²) < 4.78 is 0. The normalized spacial score (nSPS) is 10.2. The molecule has 0 aliphatic rings. The van der Waals surface area contributed by atoms with Gasteiger partial charge in [-0.3, -0.25) is 0 Å². The molecule has 0 spiro atoms. The number of anilines is 1. The highest BCUT2D eigenvalue weighted by Gasteiger charge is 2.02. The molecule has 2 rings (SSSR count). The molecule has 15 heavy (non-hydrogen) atoms. The molecule has 0 saturated carbocycles. The predicted octanol–water partition coefficient (Wildman–Crippen LogP) is 2.71. The van der Waals surface area contributed by atoms with Gasteiger partial charge in [-0.1, -0.05) is 6.92 Å². The molecular formula is C11H13N3S. The van der Waals surface area contributed by atoms with E-state index < -0.39 is 0 Å². The first-order valence-corrected chi connectivity index (χ1v) is 5.85. The molecule has 3 nitrogen and oxygen atoms in total. The van der Waals surface area contributed by atoms with Gasteiger partial charge in [0.25, 0.3) is 0 Å². The number of hydrogen-bond acceptors (Lipinski definition) is 4. The first kappa shape index (κ1) is 10.1. The van der Waals surface area contributed by atoms with Gasteiger partial charge in [-0.15, -0.1) is 16.4 Å². The van der Waals surface area contributed by atoms with E-state index in [9.17, 15) is 0 Å². The average Bonchev–Trinajstić information content (AvgIpc) is 2.75. The lowest BCUT2D eigenvalue weighted by Crippen LogP contribution is -2.01. The molecule has 0 amide bonds. The first-order chi connectivity index (χ1) is 7.40. The summed E-state index contributed by atoms with van der Waals surface area (Å²) in [5, 5.41) is 13.2. The van der Waals surface area contributed by atoms with Crippen LogP contribution in [-0.4, -0.2) is 10.2 Å². The maximum Gasteiger partial charge on any atom is 0.148 e. The van der Waals surface area contributed by atoms with E-state index in [0.29, 0.717) is 0 Å². The van der Waals surface area contributed by atoms with Crippen molar-refractivity contribution in [2.75, 3.05) is 5.32 Å². The molecule has 0 radical (unpaired) electrons. The minimum atomic E-state index is 0.827. The summed E-state index contributed by atoms with van der Waals surface area (Å²) in [5.74, 6) is 0.827. The summed E-state index contributed by atoms with van der Waals surface area (Å²) in [7, 11) is 0. The van der Waals surface area contributed by atoms with Gasteiger partial charge in [0, 0.05) is 11.1 Å². The fourth-order valence-electron chi connectivity index (χ4n) is 1.40. The minimum Gasteiger partial charge on any atom is -0.364 e. The molecule has 2 aromatic heterocycles. The number of nitrogens with one attached hydrogen (secondary N) is 1. The molecule has 2 aromatic rings. The first-order valence-electron chi connectivity index (χ1n) is 4.97. The van der Waals surface area contributed by atoms with Gasteiger partial charge >= 0.3 is 0 Å². The lowest BCUT2D eigenvalue weighted by molar-refractivity contribution is 0.997. The molecule has 0 aliphatic carbocycles. The van der Waals surface area contributed by atoms with Gasteiger partial charge in [0.05, 0.1) is 6.54 Å². The molecule has 0 unspecified atom stereocenters. The van der Waals surface area contributed by atoms with Crippen LogP contribution in [0.5, 0.6) is 0 Å². The maximum atomic E-state index is 3.98. The van der Waals surface area contributed by atoms with Gasteiger partial charge in [0.1, 0.15) is 5.82 Å². The van der Waals surface area contributed by atoms with E-state index in [4.69, 9.17) is 0 Å². The summed E-state index contributed by atoms with van der Waals surface area (Å²) in [5.41, 5.74) is 1.41. The molecule has 2 heterocycles. The second-order valence-electron chi connectivity index (χ2n) is 3.19. The molecule has 0 bridgehead atoms. The van der Waals surface area contributed by atoms with Crippen LogP contribution in [0.15, 0.2) is 29.8 Å². The van der Waals surface area contributed by atoms with Crippen LogP contribution in [0.1, 0.15) is 17.4 Å². The van der Waals surface area contributed by atoms with E-state index in [1.807, 2.05) is 12.1 Å². The third-order valence-corrected chi connectivity index (χ3v) is 3.18. The van der Waals surface area contributed by atoms with Crippen molar-refractivity contribution in [3.8, 4) is 0 Å². The highest BCUT2D eigenvalue weighted by atomic mass is 32.1. The van der Waals surface area contributed by atoms with Crippen LogP contribution in [0.25, 0.3) is 0 Å². The van der Waals surface area contributed by atoms with Crippen molar-refractivity contribution in [3.63, 3.8) is 0 Å². The smallest absolute Gasteiger partial charge is 0.148 e. The van der Waals surface area contributed by atoms with Crippen LogP contribution in [0.4, 0.5) is 5.82 Å². The standard InChI is InChI=1S/C11H13N3S/c1-2-9-5-7-15-10(9)8-12-11-4-3-6-13-14-11/h3-7H,2,8H2,1H3,(H,12,14). The largest absolute Gasteiger partial charge is 0.364 e. The van der Waals surface area contributed by atoms with Crippen molar-refractivity contribution in [1.29, 1.82) is 0 Å². The molecule has 1 N–H and O–H groups in total. The van der Waals surface area contributed by atoms with Crippen molar-refractivity contribution < 1.29 is 0 Å². The monoisotopic (exact) mass is 219 g/mol. The number of aryl methyl sites for hydroxylation is 1. The second-order valence-corrected chi connectivity index (χ2v) is 4.19. The zero-order chi connectivity index (χ0) is 10.5. The molecule has 0 atom stereocenters. The summed E-state index contributed by atoms with van der Waals surface area (Å²) in [4.78, 5) is 1.38. The van der Waals surface area contributed by atoms with E-state index >= 15 is 0 Å². The van der Waals surface area contributed by atoms with Crippen molar-refractivity contribution in [2.45, 2.75) is 19.9 Å². The van der Waals surface area contributed by atoms with Crippen molar-refractivity contribution in [3.05, 3.63) is 40.2 Å². The fourth-order valence-corrected chi connectivity index (χ4v) is 2.32. The molecule has 4 heteroatoms. The SMILES string of the molecule is CCc1ccsc1CNc1cccnn1. The van der Waals surface area contributed by atoms with E-state index in [2.05, 4.69) is 33.9 Å². The van der Waals surface area contributed by atoms with E-state index in [1.54, 1.807) is 17.5 Å². The van der Waals surface area contributed by atoms with E-state index in [-0.39, 0.29) is 0 Å². The Morgan fingerprint density at radius 3 is 3.07 bits per heavy atom. The van der Waals surface area contributed by atoms with Crippen molar-refractivity contribution in [2.24, 2.45) is 0 Å². The summed E-state index contributed by atoms with van der Waals surface area (Å²) in [6, 6.07) is 5.98. The summed E-state index contributed by atoms with van der Waals surface area (Å²) >= 11 is 1.78. The Balaban J connectivity index is 1.99. The van der Waals surface area contributed by atoms with Crippen molar-refractivity contribution >= 4 is 17.2 Å². The quantitative estimate of drug-likeness (QED) is 0.859. The maximum absolute atomic E-state index is 3.98. The number of aromatic nitrogens is 2. The molecule has 0 saturated heterocycles. The molecule has 78 valence electrons. The van der Waals surface area contributed by atoms with Crippen LogP contribution in [-0.2, 0) is 13.0 Å². The fraction of sp³-hybridized carbons (Fsp3) is 0.273. The van der Waals surface area contributed by atoms with Crippen LogP contribution in [0, 0.1) is 0 Å². The van der Waals surface area contributed by atoms with Gasteiger partial charge in [-0.2, -0.15) is 5.10 Å². The topological polar surface area (TPSA) is 37.8 Å². The van der Waals surface area contributed by atoms with Crippen LogP contribution in [0.3, 0.4) is 0 Å². The number of rotatable bonds is 4. The average molecular weight is 219 g/mol. The third kappa shape index (κ3) is 2.53. The van der Waals surface area contributed by atoms with Gasteiger partial charge in [0.15, 0.2) is 0 Å². The lowest BCUT2D eigenvalue weighted by atomic mass is 10.2. The molecule has 0 aromatic carbocycles. The van der Waals surface area contributed by atoms with Crippen LogP contribution >= 0.6 is 11.3 Å². The van der Waals surface area contributed by atoms with Crippen LogP contribution in [0.2, 0.25) is 0 Å². The summed E-state index contributed by atoms with van der Waals surface area (Å²) in [6.45, 7) is 3.01. The highest BCUT2D eigenvalue weighted by Crippen LogP contribution is 2.18. The Morgan fingerprint density at radius 1 is 1.40 bits per heavy atom. The Bertz CT molecular complexity index is 411. The summed E-state index contributed by atoms with van der Waals surface area (Å²) in [6.07, 6.45) is 2.76. The van der Waals surface area contributed by atoms with Gasteiger partial charge in [-0.05, 0) is 35.6 Å². The Kier molecular flexibility index (Phi) is 3.29. The molecule has 0 fully saturated rings. The molecule has 0 aliphatic heterocycles. The number of hydrogen-bond donors (Lipinski definition) is 1. The highest BCUT2D eigenvalue weighted by molar-refractivity contribution is 7.10. The minimum absolute atomic E-state index is 0.827. The van der Waals surface area contributed by atoms with E-state index in [0.717, 1.165) is 18.8 Å². The zero-order valence-corrected chi connectivity index (χ0v) is 9.42. The van der Waals surface area contributed by atoms with Crippen LogP contribution < -0.4 is 5.32 Å². The Labute approximate surface area is 93.2 Å². The van der Waals surface area contributed by atoms with Crippen molar-refractivity contribution in [1.82, 2.24) is 10.2 Å². The predicted molar refractivity (Wildman–Crippen MR) is 63.1 cm³/mol. The van der Waals surface area contributed by atoms with E-state index in [1.165, 1.54) is 10.4 Å². The third-order valence-electron chi connectivity index (χ3n) is 2.22. The van der Waals surface area contributed by atoms with Gasteiger partial charge < -0.3 is 5.32 Å². The second kappa shape index (κ2) is 4.89. The zero-order valence-electron chi connectivity index (χ0n) is 8.60. The Morgan fingerprint density at radius 2 is 2.33 bits per heavy atom. The number of nitrogens with zero attached hydrogens (tertiary/aromatic N) is 2. The van der Waals surface area contributed by atoms with Gasteiger partial charge in [-0.25, -0.2) is 0 Å². The Hall–Kier alpha value is -1.42. The van der Waals surface area contributed by atoms with Gasteiger partial charge in [0.2, 0.25) is 0 Å². The lowest BCUT2D eigenvalue weighted by Gasteiger charge is -2.04.